The Balaban J connectivity index is 2.06. The number of hydrogen-bond donors (Lipinski definition) is 0. The third-order valence-corrected chi connectivity index (χ3v) is 4.90. The van der Waals surface area contributed by atoms with Gasteiger partial charge >= 0.3 is 109 Å². The second-order valence-corrected chi connectivity index (χ2v) is 5.95. The summed E-state index contributed by atoms with van der Waals surface area (Å²) in [5.41, 5.74) is 2.10. The molecule has 18 heavy (non-hydrogen) atoms. The van der Waals surface area contributed by atoms with Gasteiger partial charge in [0.15, 0.2) is 0 Å². The van der Waals surface area contributed by atoms with Crippen LogP contribution >= 0.6 is 0 Å². The molecule has 0 unspecified atom stereocenters. The first-order valence-corrected chi connectivity index (χ1v) is 7.06. The number of nitro groups is 1. The van der Waals surface area contributed by atoms with Crippen LogP contribution in [0.5, 0.6) is 0 Å². The van der Waals surface area contributed by atoms with Crippen LogP contribution in [0.4, 0.5) is 5.69 Å². The summed E-state index contributed by atoms with van der Waals surface area (Å²) in [6, 6.07) is 14.6. The zero-order valence-corrected chi connectivity index (χ0v) is 11.0. The van der Waals surface area contributed by atoms with Crippen LogP contribution in [0.25, 0.3) is 19.9 Å². The molecule has 0 fully saturated rings. The average Bonchev–Trinajstić information content (AvgIpc) is 2.82. The third-order valence-electron chi connectivity index (χ3n) is 2.62. The van der Waals surface area contributed by atoms with Crippen LogP contribution in [0, 0.1) is 10.1 Å². The van der Waals surface area contributed by atoms with E-state index in [1.54, 1.807) is 12.1 Å². The molecule has 88 valence electrons. The number of benzene rings is 2. The van der Waals surface area contributed by atoms with E-state index in [1.165, 1.54) is 16.4 Å². The van der Waals surface area contributed by atoms with Crippen LogP contribution in [0.15, 0.2) is 48.5 Å². The Morgan fingerprint density at radius 2 is 1.78 bits per heavy atom. The molecular weight excluding hydrogens is 295 g/mol. The first-order valence-electron chi connectivity index (χ1n) is 5.34. The van der Waals surface area contributed by atoms with Gasteiger partial charge in [0.2, 0.25) is 0 Å². The van der Waals surface area contributed by atoms with Crippen molar-refractivity contribution >= 4 is 30.0 Å². The van der Waals surface area contributed by atoms with E-state index in [0.29, 0.717) is 0 Å². The van der Waals surface area contributed by atoms with Crippen LogP contribution < -0.4 is 0 Å². The first kappa shape index (κ1) is 11.1. The second kappa shape index (κ2) is 4.37. The van der Waals surface area contributed by atoms with Crippen LogP contribution in [-0.2, 0) is 0 Å². The molecule has 0 N–H and O–H groups in total. The SMILES string of the molecule is O=[N+]([O-])c1ccc(-c2nc3ccccc3[se]2)cc1. The summed E-state index contributed by atoms with van der Waals surface area (Å²) in [7, 11) is 0. The standard InChI is InChI=1S/C13H8N2O2Se/c16-15(17)10-7-5-9(6-8-10)13-14-11-3-1-2-4-12(11)18-13/h1-8H. The topological polar surface area (TPSA) is 56.0 Å². The average molecular weight is 303 g/mol. The Kier molecular flexibility index (Phi) is 2.70. The van der Waals surface area contributed by atoms with Crippen LogP contribution in [-0.4, -0.2) is 24.4 Å². The third kappa shape index (κ3) is 1.94. The van der Waals surface area contributed by atoms with Gasteiger partial charge in [0.05, 0.1) is 0 Å². The number of fused-ring (bicyclic) bond motifs is 1. The molecule has 0 aliphatic rings. The molecule has 4 nitrogen and oxygen atoms in total. The van der Waals surface area contributed by atoms with Gasteiger partial charge in [-0.15, -0.1) is 0 Å². The van der Waals surface area contributed by atoms with Gasteiger partial charge in [0.1, 0.15) is 0 Å². The van der Waals surface area contributed by atoms with Crippen LogP contribution in [0.3, 0.4) is 0 Å². The Morgan fingerprint density at radius 3 is 2.44 bits per heavy atom. The Hall–Kier alpha value is -1.97. The van der Waals surface area contributed by atoms with Gasteiger partial charge in [-0.05, 0) is 0 Å². The number of hydrogen-bond acceptors (Lipinski definition) is 3. The molecule has 0 saturated carbocycles. The van der Waals surface area contributed by atoms with Crippen molar-refractivity contribution in [1.29, 1.82) is 0 Å². The molecule has 1 heterocycles. The summed E-state index contributed by atoms with van der Waals surface area (Å²) >= 11 is 0.187. The molecule has 0 aliphatic heterocycles. The zero-order chi connectivity index (χ0) is 12.5. The summed E-state index contributed by atoms with van der Waals surface area (Å²) in [5, 5.41) is 10.6. The molecule has 1 aromatic heterocycles. The maximum absolute atomic E-state index is 10.6. The van der Waals surface area contributed by atoms with Gasteiger partial charge in [-0.1, -0.05) is 0 Å². The number of nitro benzene ring substituents is 1. The molecule has 3 aromatic rings. The van der Waals surface area contributed by atoms with Gasteiger partial charge < -0.3 is 0 Å². The summed E-state index contributed by atoms with van der Waals surface area (Å²) < 4.78 is 2.29. The van der Waals surface area contributed by atoms with Crippen molar-refractivity contribution in [3.05, 3.63) is 58.6 Å². The van der Waals surface area contributed by atoms with E-state index in [1.807, 2.05) is 18.2 Å². The van der Waals surface area contributed by atoms with E-state index in [-0.39, 0.29) is 25.1 Å². The minimum atomic E-state index is -0.389. The number of non-ortho nitro benzene ring substituents is 1. The predicted molar refractivity (Wildman–Crippen MR) is 70.8 cm³/mol. The van der Waals surface area contributed by atoms with Crippen molar-refractivity contribution < 1.29 is 4.92 Å². The molecule has 3 rings (SSSR count). The van der Waals surface area contributed by atoms with E-state index < -0.39 is 0 Å². The summed E-state index contributed by atoms with van der Waals surface area (Å²) in [6.45, 7) is 0. The molecule has 0 saturated heterocycles. The molecule has 0 aliphatic carbocycles. The van der Waals surface area contributed by atoms with E-state index in [0.717, 1.165) is 15.6 Å². The number of para-hydroxylation sites is 1. The van der Waals surface area contributed by atoms with Crippen molar-refractivity contribution in [2.75, 3.05) is 0 Å². The van der Waals surface area contributed by atoms with E-state index in [2.05, 4.69) is 11.1 Å². The number of rotatable bonds is 2. The fraction of sp³-hybridized carbons (Fsp3) is 0. The fourth-order valence-corrected chi connectivity index (χ4v) is 3.76. The van der Waals surface area contributed by atoms with Gasteiger partial charge in [-0.3, -0.25) is 0 Å². The van der Waals surface area contributed by atoms with Crippen molar-refractivity contribution in [2.24, 2.45) is 0 Å². The summed E-state index contributed by atoms with van der Waals surface area (Å²) in [5.74, 6) is 0. The quantitative estimate of drug-likeness (QED) is 0.415. The fourth-order valence-electron chi connectivity index (χ4n) is 1.72. The molecule has 0 radical (unpaired) electrons. The van der Waals surface area contributed by atoms with Crippen LogP contribution in [0.1, 0.15) is 0 Å². The van der Waals surface area contributed by atoms with Crippen molar-refractivity contribution in [3.63, 3.8) is 0 Å². The van der Waals surface area contributed by atoms with E-state index >= 15 is 0 Å². The Labute approximate surface area is 109 Å². The van der Waals surface area contributed by atoms with Gasteiger partial charge in [-0.2, -0.15) is 0 Å². The maximum atomic E-state index is 10.6. The van der Waals surface area contributed by atoms with Gasteiger partial charge in [-0.25, -0.2) is 0 Å². The minimum absolute atomic E-state index is 0.113. The first-order chi connectivity index (χ1) is 8.74. The number of nitrogens with zero attached hydrogens (tertiary/aromatic N) is 2. The van der Waals surface area contributed by atoms with Gasteiger partial charge in [0.25, 0.3) is 0 Å². The molecule has 0 atom stereocenters. The monoisotopic (exact) mass is 304 g/mol. The molecule has 0 spiro atoms. The molecule has 0 amide bonds. The summed E-state index contributed by atoms with van der Waals surface area (Å²) in [6.07, 6.45) is 0. The number of aromatic nitrogens is 1. The normalized spacial score (nSPS) is 10.7. The second-order valence-electron chi connectivity index (χ2n) is 3.79. The van der Waals surface area contributed by atoms with Crippen LogP contribution in [0.2, 0.25) is 0 Å². The van der Waals surface area contributed by atoms with Gasteiger partial charge in [0, 0.05) is 0 Å². The molecule has 0 bridgehead atoms. The zero-order valence-electron chi connectivity index (χ0n) is 9.24. The van der Waals surface area contributed by atoms with E-state index in [4.69, 9.17) is 0 Å². The van der Waals surface area contributed by atoms with Crippen molar-refractivity contribution in [3.8, 4) is 10.1 Å². The predicted octanol–water partition coefficient (Wildman–Crippen LogP) is 2.87. The Bertz CT molecular complexity index is 686. The van der Waals surface area contributed by atoms with Crippen molar-refractivity contribution in [1.82, 2.24) is 4.98 Å². The Morgan fingerprint density at radius 1 is 1.06 bits per heavy atom. The summed E-state index contributed by atoms with van der Waals surface area (Å²) in [4.78, 5) is 14.8. The van der Waals surface area contributed by atoms with E-state index in [9.17, 15) is 10.1 Å². The molecule has 2 aromatic carbocycles. The molecular formula is C13H8N2O2Se. The van der Waals surface area contributed by atoms with Crippen molar-refractivity contribution in [2.45, 2.75) is 0 Å². The molecule has 5 heteroatoms.